The normalized spacial score (nSPS) is 13.0. The molecule has 2 rings (SSSR count). The molecule has 1 aromatic carbocycles. The van der Waals surface area contributed by atoms with E-state index in [9.17, 15) is 9.59 Å². The van der Waals surface area contributed by atoms with Gasteiger partial charge in [0.15, 0.2) is 0 Å². The van der Waals surface area contributed by atoms with E-state index in [1.807, 2.05) is 12.1 Å². The highest BCUT2D eigenvalue weighted by atomic mass is 16.4. The van der Waals surface area contributed by atoms with E-state index in [2.05, 4.69) is 11.4 Å². The maximum atomic E-state index is 12.1. The van der Waals surface area contributed by atoms with Crippen molar-refractivity contribution in [2.75, 3.05) is 6.54 Å². The molecular weight excluding hydrogens is 254 g/mol. The first kappa shape index (κ1) is 14.6. The second-order valence-corrected chi connectivity index (χ2v) is 5.26. The number of carbonyl (C=O) groups excluding carboxylic acids is 1. The molecule has 0 aromatic heterocycles. The lowest BCUT2D eigenvalue weighted by molar-refractivity contribution is -0.137. The highest BCUT2D eigenvalue weighted by Crippen LogP contribution is 2.25. The Morgan fingerprint density at radius 1 is 1.15 bits per heavy atom. The number of carboxylic acid groups (broad SMARTS) is 1. The number of amides is 1. The molecule has 108 valence electrons. The molecule has 4 nitrogen and oxygen atoms in total. The van der Waals surface area contributed by atoms with E-state index >= 15 is 0 Å². The number of hydrogen-bond acceptors (Lipinski definition) is 2. The standard InChI is InChI=1S/C16H21NO3/c18-15(19)10-2-1-3-11-17-16(20)14-9-5-7-12-6-4-8-13(12)14/h5,7,9H,1-4,6,8,10-11H2,(H,17,20)(H,18,19). The molecule has 4 heteroatoms. The zero-order valence-electron chi connectivity index (χ0n) is 11.7. The molecule has 0 aliphatic heterocycles. The summed E-state index contributed by atoms with van der Waals surface area (Å²) in [5.41, 5.74) is 3.32. The maximum Gasteiger partial charge on any atom is 0.303 e. The molecule has 1 aliphatic carbocycles. The van der Waals surface area contributed by atoms with Crippen molar-refractivity contribution in [3.8, 4) is 0 Å². The van der Waals surface area contributed by atoms with Gasteiger partial charge in [-0.25, -0.2) is 0 Å². The summed E-state index contributed by atoms with van der Waals surface area (Å²) >= 11 is 0. The van der Waals surface area contributed by atoms with Crippen molar-refractivity contribution in [3.63, 3.8) is 0 Å². The second kappa shape index (κ2) is 7.08. The topological polar surface area (TPSA) is 66.4 Å². The molecule has 1 aliphatic rings. The van der Waals surface area contributed by atoms with E-state index < -0.39 is 5.97 Å². The van der Waals surface area contributed by atoms with Crippen LogP contribution in [0.25, 0.3) is 0 Å². The summed E-state index contributed by atoms with van der Waals surface area (Å²) in [6.07, 6.45) is 5.75. The van der Waals surface area contributed by atoms with Gasteiger partial charge in [0, 0.05) is 18.5 Å². The Kier molecular flexibility index (Phi) is 5.16. The van der Waals surface area contributed by atoms with Gasteiger partial charge in [0.2, 0.25) is 0 Å². The first-order valence-electron chi connectivity index (χ1n) is 7.29. The first-order valence-corrected chi connectivity index (χ1v) is 7.29. The van der Waals surface area contributed by atoms with E-state index in [0.717, 1.165) is 37.7 Å². The van der Waals surface area contributed by atoms with Crippen LogP contribution in [0, 0.1) is 0 Å². The van der Waals surface area contributed by atoms with Gasteiger partial charge in [-0.15, -0.1) is 0 Å². The predicted octanol–water partition coefficient (Wildman–Crippen LogP) is 2.55. The number of rotatable bonds is 7. The van der Waals surface area contributed by atoms with Crippen molar-refractivity contribution in [1.29, 1.82) is 0 Å². The van der Waals surface area contributed by atoms with Crippen LogP contribution in [0.15, 0.2) is 18.2 Å². The van der Waals surface area contributed by atoms with Gasteiger partial charge in [0.05, 0.1) is 0 Å². The minimum Gasteiger partial charge on any atom is -0.481 e. The molecule has 0 saturated carbocycles. The number of carbonyl (C=O) groups is 2. The number of hydrogen-bond donors (Lipinski definition) is 2. The summed E-state index contributed by atoms with van der Waals surface area (Å²) in [4.78, 5) is 22.5. The fraction of sp³-hybridized carbons (Fsp3) is 0.500. The molecule has 0 saturated heterocycles. The van der Waals surface area contributed by atoms with Gasteiger partial charge in [-0.05, 0) is 49.3 Å². The average Bonchev–Trinajstić information content (AvgIpc) is 2.90. The number of aliphatic carboxylic acids is 1. The third-order valence-electron chi connectivity index (χ3n) is 3.74. The van der Waals surface area contributed by atoms with Gasteiger partial charge in [0.25, 0.3) is 5.91 Å². The van der Waals surface area contributed by atoms with Crippen molar-refractivity contribution in [2.45, 2.75) is 44.9 Å². The Morgan fingerprint density at radius 2 is 2.00 bits per heavy atom. The molecule has 0 heterocycles. The lowest BCUT2D eigenvalue weighted by atomic mass is 10.0. The molecule has 0 radical (unpaired) electrons. The Morgan fingerprint density at radius 3 is 2.80 bits per heavy atom. The minimum atomic E-state index is -0.756. The number of aryl methyl sites for hydroxylation is 1. The lowest BCUT2D eigenvalue weighted by Crippen LogP contribution is -2.25. The molecule has 1 aromatic rings. The van der Waals surface area contributed by atoms with Crippen LogP contribution < -0.4 is 5.32 Å². The third kappa shape index (κ3) is 3.83. The van der Waals surface area contributed by atoms with Crippen molar-refractivity contribution in [2.24, 2.45) is 0 Å². The summed E-state index contributed by atoms with van der Waals surface area (Å²) in [5.74, 6) is -0.754. The number of nitrogens with one attached hydrogen (secondary N) is 1. The molecule has 1 amide bonds. The van der Waals surface area contributed by atoms with Gasteiger partial charge < -0.3 is 10.4 Å². The zero-order chi connectivity index (χ0) is 14.4. The van der Waals surface area contributed by atoms with Crippen molar-refractivity contribution in [3.05, 3.63) is 34.9 Å². The molecule has 20 heavy (non-hydrogen) atoms. The summed E-state index contributed by atoms with van der Waals surface area (Å²) in [5, 5.41) is 11.5. The molecule has 0 unspecified atom stereocenters. The average molecular weight is 275 g/mol. The first-order chi connectivity index (χ1) is 9.68. The summed E-state index contributed by atoms with van der Waals surface area (Å²) in [6.45, 7) is 0.613. The van der Waals surface area contributed by atoms with E-state index in [-0.39, 0.29) is 12.3 Å². The second-order valence-electron chi connectivity index (χ2n) is 5.26. The van der Waals surface area contributed by atoms with Crippen LogP contribution in [-0.4, -0.2) is 23.5 Å². The highest BCUT2D eigenvalue weighted by Gasteiger charge is 2.18. The van der Waals surface area contributed by atoms with E-state index in [0.29, 0.717) is 13.0 Å². The van der Waals surface area contributed by atoms with E-state index in [4.69, 9.17) is 5.11 Å². The van der Waals surface area contributed by atoms with Gasteiger partial charge >= 0.3 is 5.97 Å². The monoisotopic (exact) mass is 275 g/mol. The smallest absolute Gasteiger partial charge is 0.303 e. The highest BCUT2D eigenvalue weighted by molar-refractivity contribution is 5.96. The fourth-order valence-corrected chi connectivity index (χ4v) is 2.71. The zero-order valence-corrected chi connectivity index (χ0v) is 11.7. The summed E-state index contributed by atoms with van der Waals surface area (Å²) < 4.78 is 0. The molecule has 0 atom stereocenters. The molecule has 0 spiro atoms. The van der Waals surface area contributed by atoms with E-state index in [1.165, 1.54) is 11.1 Å². The van der Waals surface area contributed by atoms with Crippen molar-refractivity contribution in [1.82, 2.24) is 5.32 Å². The summed E-state index contributed by atoms with van der Waals surface area (Å²) in [6, 6.07) is 5.95. The number of carboxylic acids is 1. The molecular formula is C16H21NO3. The number of unbranched alkanes of at least 4 members (excludes halogenated alkanes) is 2. The quantitative estimate of drug-likeness (QED) is 0.751. The Labute approximate surface area is 119 Å². The molecule has 0 fully saturated rings. The van der Waals surface area contributed by atoms with Crippen LogP contribution in [-0.2, 0) is 17.6 Å². The Hall–Kier alpha value is -1.84. The van der Waals surface area contributed by atoms with Gasteiger partial charge in [0.1, 0.15) is 0 Å². The molecule has 0 bridgehead atoms. The van der Waals surface area contributed by atoms with Crippen LogP contribution in [0.5, 0.6) is 0 Å². The van der Waals surface area contributed by atoms with Crippen molar-refractivity contribution < 1.29 is 14.7 Å². The van der Waals surface area contributed by atoms with Crippen LogP contribution in [0.1, 0.15) is 53.6 Å². The molecule has 2 N–H and O–H groups in total. The largest absolute Gasteiger partial charge is 0.481 e. The van der Waals surface area contributed by atoms with Crippen molar-refractivity contribution >= 4 is 11.9 Å². The number of benzene rings is 1. The number of fused-ring (bicyclic) bond motifs is 1. The SMILES string of the molecule is O=C(O)CCCCCNC(=O)c1cccc2c1CCC2. The third-order valence-corrected chi connectivity index (χ3v) is 3.74. The Bertz CT molecular complexity index is 496. The predicted molar refractivity (Wildman–Crippen MR) is 76.9 cm³/mol. The summed E-state index contributed by atoms with van der Waals surface area (Å²) in [7, 11) is 0. The van der Waals surface area contributed by atoms with Crippen LogP contribution in [0.2, 0.25) is 0 Å². The van der Waals surface area contributed by atoms with Gasteiger partial charge in [-0.1, -0.05) is 18.6 Å². The lowest BCUT2D eigenvalue weighted by Gasteiger charge is -2.09. The van der Waals surface area contributed by atoms with Gasteiger partial charge in [-0.3, -0.25) is 9.59 Å². The van der Waals surface area contributed by atoms with Crippen LogP contribution in [0.4, 0.5) is 0 Å². The van der Waals surface area contributed by atoms with E-state index in [1.54, 1.807) is 0 Å². The Balaban J connectivity index is 1.76. The van der Waals surface area contributed by atoms with Crippen LogP contribution >= 0.6 is 0 Å². The fourth-order valence-electron chi connectivity index (χ4n) is 2.71. The van der Waals surface area contributed by atoms with Gasteiger partial charge in [-0.2, -0.15) is 0 Å². The minimum absolute atomic E-state index is 0.00184. The maximum absolute atomic E-state index is 12.1. The van der Waals surface area contributed by atoms with Crippen LogP contribution in [0.3, 0.4) is 0 Å².